The maximum atomic E-state index is 15.1. The lowest BCUT2D eigenvalue weighted by molar-refractivity contribution is -0.119. The summed E-state index contributed by atoms with van der Waals surface area (Å²) in [5, 5.41) is 9.65. The van der Waals surface area contributed by atoms with Crippen molar-refractivity contribution >= 4 is 28.2 Å². The van der Waals surface area contributed by atoms with Crippen molar-refractivity contribution in [3.63, 3.8) is 0 Å². The summed E-state index contributed by atoms with van der Waals surface area (Å²) < 4.78 is 17.9. The average Bonchev–Trinajstić information content (AvgIpc) is 3.37. The van der Waals surface area contributed by atoms with Crippen LogP contribution in [0.4, 0.5) is 10.1 Å². The highest BCUT2D eigenvalue weighted by Crippen LogP contribution is 2.32. The van der Waals surface area contributed by atoms with Crippen molar-refractivity contribution in [2.24, 2.45) is 10.9 Å². The molecular weight excluding hydrogens is 451 g/mol. The first-order valence-electron chi connectivity index (χ1n) is 12.6. The molecular formula is C25H35FN6O3. The monoisotopic (exact) mass is 486 g/mol. The Morgan fingerprint density at radius 1 is 1.11 bits per heavy atom. The van der Waals surface area contributed by atoms with Gasteiger partial charge in [0.1, 0.15) is 5.82 Å². The fourth-order valence-electron chi connectivity index (χ4n) is 5.34. The highest BCUT2D eigenvalue weighted by molar-refractivity contribution is 5.99. The lowest BCUT2D eigenvalue weighted by atomic mass is 9.95. The standard InChI is InChI=1S/C25H35FN6O3/c1-16(30-27)13-23(33)28-11-12-31-24(34)19-14-20(26)21(29-17-7-3-2-4-8-17)15-22(19)32(25(31)35)18-9-5-6-10-18/h14-15,17-18,29H,2-13,27H2,1H3,(H,28,33)/b30-16+. The van der Waals surface area contributed by atoms with Crippen LogP contribution in [-0.4, -0.2) is 33.3 Å². The predicted octanol–water partition coefficient (Wildman–Crippen LogP) is 3.00. The number of benzene rings is 1. The van der Waals surface area contributed by atoms with E-state index in [-0.39, 0.29) is 42.9 Å². The number of nitrogens with zero attached hydrogens (tertiary/aromatic N) is 3. The van der Waals surface area contributed by atoms with Crippen molar-refractivity contribution in [2.75, 3.05) is 11.9 Å². The molecule has 1 heterocycles. The minimum absolute atomic E-state index is 0.00538. The summed E-state index contributed by atoms with van der Waals surface area (Å²) >= 11 is 0. The van der Waals surface area contributed by atoms with Gasteiger partial charge < -0.3 is 16.5 Å². The van der Waals surface area contributed by atoms with E-state index in [9.17, 15) is 14.4 Å². The number of halogens is 1. The quantitative estimate of drug-likeness (QED) is 0.301. The molecule has 1 amide bonds. The first-order chi connectivity index (χ1) is 16.9. The molecule has 190 valence electrons. The second kappa shape index (κ2) is 11.0. The van der Waals surface area contributed by atoms with E-state index < -0.39 is 17.1 Å². The summed E-state index contributed by atoms with van der Waals surface area (Å²) in [5.41, 5.74) is 0.329. The van der Waals surface area contributed by atoms with Gasteiger partial charge in [0.2, 0.25) is 5.91 Å². The lowest BCUT2D eigenvalue weighted by Gasteiger charge is -2.25. The molecule has 0 spiro atoms. The van der Waals surface area contributed by atoms with Gasteiger partial charge in [-0.1, -0.05) is 32.1 Å². The van der Waals surface area contributed by atoms with E-state index in [0.29, 0.717) is 16.9 Å². The maximum absolute atomic E-state index is 15.1. The molecule has 2 saturated carbocycles. The number of fused-ring (bicyclic) bond motifs is 1. The second-order valence-electron chi connectivity index (χ2n) is 9.77. The molecule has 2 aliphatic rings. The number of carbonyl (C=O) groups excluding carboxylic acids is 1. The van der Waals surface area contributed by atoms with Gasteiger partial charge >= 0.3 is 5.69 Å². The Morgan fingerprint density at radius 2 is 1.80 bits per heavy atom. The summed E-state index contributed by atoms with van der Waals surface area (Å²) in [7, 11) is 0. The third-order valence-electron chi connectivity index (χ3n) is 7.21. The summed E-state index contributed by atoms with van der Waals surface area (Å²) in [6, 6.07) is 3.05. The van der Waals surface area contributed by atoms with E-state index in [1.54, 1.807) is 17.6 Å². The number of rotatable bonds is 8. The molecule has 0 radical (unpaired) electrons. The molecule has 0 atom stereocenters. The maximum Gasteiger partial charge on any atom is 0.331 e. The van der Waals surface area contributed by atoms with Crippen LogP contribution in [0.25, 0.3) is 10.9 Å². The number of carbonyl (C=O) groups is 1. The number of nitrogens with two attached hydrogens (primary N) is 1. The van der Waals surface area contributed by atoms with Gasteiger partial charge in [0, 0.05) is 30.9 Å². The summed E-state index contributed by atoms with van der Waals surface area (Å²) in [4.78, 5) is 38.9. The predicted molar refractivity (Wildman–Crippen MR) is 135 cm³/mol. The molecule has 0 aliphatic heterocycles. The van der Waals surface area contributed by atoms with E-state index in [0.717, 1.165) is 55.9 Å². The molecule has 35 heavy (non-hydrogen) atoms. The van der Waals surface area contributed by atoms with Gasteiger partial charge in [-0.05, 0) is 44.7 Å². The van der Waals surface area contributed by atoms with Crippen molar-refractivity contribution < 1.29 is 9.18 Å². The minimum atomic E-state index is -0.545. The van der Waals surface area contributed by atoms with Gasteiger partial charge in [-0.2, -0.15) is 5.10 Å². The number of hydrazone groups is 1. The third-order valence-corrected chi connectivity index (χ3v) is 7.21. The average molecular weight is 487 g/mol. The summed E-state index contributed by atoms with van der Waals surface area (Å²) in [6.45, 7) is 1.72. The Bertz CT molecular complexity index is 1220. The number of aromatic nitrogens is 2. The summed E-state index contributed by atoms with van der Waals surface area (Å²) in [6.07, 6.45) is 9.10. The van der Waals surface area contributed by atoms with Crippen LogP contribution >= 0.6 is 0 Å². The number of hydrogen-bond donors (Lipinski definition) is 3. The van der Waals surface area contributed by atoms with Crippen molar-refractivity contribution in [2.45, 2.75) is 89.8 Å². The fourth-order valence-corrected chi connectivity index (χ4v) is 5.34. The molecule has 1 aromatic carbocycles. The number of hydrogen-bond acceptors (Lipinski definition) is 6. The van der Waals surface area contributed by atoms with Crippen LogP contribution in [0.3, 0.4) is 0 Å². The van der Waals surface area contributed by atoms with E-state index >= 15 is 4.39 Å². The molecule has 2 aromatic rings. The van der Waals surface area contributed by atoms with Crippen LogP contribution in [0.15, 0.2) is 26.8 Å². The highest BCUT2D eigenvalue weighted by atomic mass is 19.1. The van der Waals surface area contributed by atoms with E-state index in [2.05, 4.69) is 15.7 Å². The zero-order valence-corrected chi connectivity index (χ0v) is 20.3. The number of amides is 1. The van der Waals surface area contributed by atoms with Gasteiger partial charge in [-0.15, -0.1) is 0 Å². The zero-order valence-electron chi connectivity index (χ0n) is 20.3. The third kappa shape index (κ3) is 5.57. The van der Waals surface area contributed by atoms with Crippen LogP contribution in [0.1, 0.15) is 77.2 Å². The van der Waals surface area contributed by atoms with Gasteiger partial charge in [-0.3, -0.25) is 18.7 Å². The molecule has 0 unspecified atom stereocenters. The van der Waals surface area contributed by atoms with E-state index in [4.69, 9.17) is 5.84 Å². The second-order valence-corrected chi connectivity index (χ2v) is 9.77. The SMILES string of the molecule is C/C(CC(=O)NCCn1c(=O)c2cc(F)c(NC3CCCCC3)cc2n(C2CCCC2)c1=O)=N\N. The zero-order chi connectivity index (χ0) is 24.9. The largest absolute Gasteiger partial charge is 0.380 e. The van der Waals surface area contributed by atoms with E-state index in [1.165, 1.54) is 12.5 Å². The van der Waals surface area contributed by atoms with Crippen molar-refractivity contribution in [3.8, 4) is 0 Å². The number of anilines is 1. The first kappa shape index (κ1) is 24.9. The van der Waals surface area contributed by atoms with Crippen LogP contribution in [0.5, 0.6) is 0 Å². The van der Waals surface area contributed by atoms with Crippen LogP contribution in [0.2, 0.25) is 0 Å². The molecule has 4 N–H and O–H groups in total. The van der Waals surface area contributed by atoms with Gasteiger partial charge in [0.25, 0.3) is 5.56 Å². The summed E-state index contributed by atoms with van der Waals surface area (Å²) in [5.74, 6) is 4.38. The Labute approximate surface area is 203 Å². The Kier molecular flexibility index (Phi) is 7.87. The Hall–Kier alpha value is -3.17. The smallest absolute Gasteiger partial charge is 0.331 e. The molecule has 0 saturated heterocycles. The molecule has 0 bridgehead atoms. The van der Waals surface area contributed by atoms with Crippen LogP contribution in [-0.2, 0) is 11.3 Å². The van der Waals surface area contributed by atoms with Crippen molar-refractivity contribution in [3.05, 3.63) is 38.8 Å². The molecule has 9 nitrogen and oxygen atoms in total. The van der Waals surface area contributed by atoms with Gasteiger partial charge in [-0.25, -0.2) is 9.18 Å². The fraction of sp³-hybridized carbons (Fsp3) is 0.600. The van der Waals surface area contributed by atoms with Crippen molar-refractivity contribution in [1.29, 1.82) is 0 Å². The Balaban J connectivity index is 1.69. The van der Waals surface area contributed by atoms with Gasteiger partial charge in [0.05, 0.1) is 23.0 Å². The Morgan fingerprint density at radius 3 is 2.49 bits per heavy atom. The molecule has 1 aromatic heterocycles. The molecule has 2 aliphatic carbocycles. The van der Waals surface area contributed by atoms with Crippen LogP contribution in [0, 0.1) is 5.82 Å². The lowest BCUT2D eigenvalue weighted by Crippen LogP contribution is -2.43. The van der Waals surface area contributed by atoms with E-state index in [1.807, 2.05) is 0 Å². The first-order valence-corrected chi connectivity index (χ1v) is 12.6. The molecule has 10 heteroatoms. The van der Waals surface area contributed by atoms with Crippen molar-refractivity contribution in [1.82, 2.24) is 14.5 Å². The molecule has 4 rings (SSSR count). The topological polar surface area (TPSA) is 124 Å². The number of nitrogens with one attached hydrogen (secondary N) is 2. The normalized spacial score (nSPS) is 17.7. The van der Waals surface area contributed by atoms with Gasteiger partial charge in [0.15, 0.2) is 0 Å². The highest BCUT2D eigenvalue weighted by Gasteiger charge is 2.25. The molecule has 2 fully saturated rings. The minimum Gasteiger partial charge on any atom is -0.380 e. The van der Waals surface area contributed by atoms with Crippen LogP contribution < -0.4 is 27.7 Å².